The third kappa shape index (κ3) is 17.9. The maximum Gasteiger partial charge on any atom is 0.326 e. The number of hydrogen-bond acceptors (Lipinski definition) is 12. The summed E-state index contributed by atoms with van der Waals surface area (Å²) < 4.78 is 0. The summed E-state index contributed by atoms with van der Waals surface area (Å²) >= 11 is 1.53. The van der Waals surface area contributed by atoms with Gasteiger partial charge in [0, 0.05) is 0 Å². The van der Waals surface area contributed by atoms with E-state index in [4.69, 9.17) is 11.5 Å². The molecule has 13 N–H and O–H groups in total. The molecule has 0 aliphatic rings. The SMILES string of the molecule is CC[C@H](C)[C@H](NC(=O)[C@@H](NC(=O)[C@@H](N)CCSC)C(C)C)C(=O)N[C@H](C(=O)N[C@H](C(=O)N[C@H](C(=O)N[C@@H](CCCCN)C(=O)O)[C@@H](C)O)[C@@H](C)O)[C@@H](C)CC. The van der Waals surface area contributed by atoms with Crippen LogP contribution in [0.3, 0.4) is 0 Å². The molecule has 18 nitrogen and oxygen atoms in total. The van der Waals surface area contributed by atoms with E-state index in [1.807, 2.05) is 13.2 Å². The molecule has 55 heavy (non-hydrogen) atoms. The van der Waals surface area contributed by atoms with E-state index in [2.05, 4.69) is 31.9 Å². The Labute approximate surface area is 329 Å². The van der Waals surface area contributed by atoms with Crippen LogP contribution in [0.15, 0.2) is 0 Å². The fourth-order valence-electron chi connectivity index (χ4n) is 5.37. The van der Waals surface area contributed by atoms with Crippen molar-refractivity contribution in [2.24, 2.45) is 29.2 Å². The molecule has 0 aliphatic heterocycles. The molecular formula is C36H68N8O10S. The van der Waals surface area contributed by atoms with Crippen LogP contribution in [0.5, 0.6) is 0 Å². The van der Waals surface area contributed by atoms with Gasteiger partial charge in [-0.05, 0) is 75.8 Å². The van der Waals surface area contributed by atoms with E-state index in [9.17, 15) is 48.9 Å². The normalized spacial score (nSPS) is 17.4. The third-order valence-corrected chi connectivity index (χ3v) is 10.1. The van der Waals surface area contributed by atoms with E-state index in [0.29, 0.717) is 44.4 Å². The largest absolute Gasteiger partial charge is 0.480 e. The Bertz CT molecular complexity index is 1260. The number of hydrogen-bond donors (Lipinski definition) is 11. The lowest BCUT2D eigenvalue weighted by molar-refractivity contribution is -0.143. The van der Waals surface area contributed by atoms with Gasteiger partial charge in [0.25, 0.3) is 0 Å². The van der Waals surface area contributed by atoms with Gasteiger partial charge in [-0.1, -0.05) is 54.4 Å². The molecule has 0 unspecified atom stereocenters. The van der Waals surface area contributed by atoms with Crippen LogP contribution < -0.4 is 43.4 Å². The van der Waals surface area contributed by atoms with Crippen LogP contribution in [-0.4, -0.2) is 130 Å². The molecule has 0 saturated heterocycles. The predicted octanol–water partition coefficient (Wildman–Crippen LogP) is -1.30. The number of thioether (sulfide) groups is 1. The molecule has 318 valence electrons. The predicted molar refractivity (Wildman–Crippen MR) is 210 cm³/mol. The summed E-state index contributed by atoms with van der Waals surface area (Å²) in [6.07, 6.45) is 1.09. The second-order valence-electron chi connectivity index (χ2n) is 14.5. The number of nitrogens with one attached hydrogen (secondary N) is 6. The van der Waals surface area contributed by atoms with Gasteiger partial charge >= 0.3 is 5.97 Å². The monoisotopic (exact) mass is 804 g/mol. The maximum absolute atomic E-state index is 13.9. The minimum Gasteiger partial charge on any atom is -0.480 e. The standard InChI is InChI=1S/C36H68N8O10S/c1-10-19(5)26(41-31(48)25(18(3)4)40-30(47)23(38)15-17-55-9)32(49)42-27(20(6)11-2)33(50)43-29(22(8)46)35(52)44-28(21(7)45)34(51)39-24(36(53)54)14-12-13-16-37/h18-29,45-46H,10-17,37-38H2,1-9H3,(H,39,51)(H,40,47)(H,41,48)(H,42,49)(H,43,50)(H,44,52)(H,53,54)/t19-,20-,21+,22+,23-,24-,25-,26-,27-,28-,29-/m0/s1. The zero-order chi connectivity index (χ0) is 42.6. The van der Waals surface area contributed by atoms with Crippen molar-refractivity contribution < 1.29 is 48.9 Å². The number of rotatable bonds is 27. The second-order valence-corrected chi connectivity index (χ2v) is 15.5. The van der Waals surface area contributed by atoms with E-state index >= 15 is 0 Å². The highest BCUT2D eigenvalue weighted by atomic mass is 32.2. The van der Waals surface area contributed by atoms with Gasteiger partial charge in [0.2, 0.25) is 35.4 Å². The van der Waals surface area contributed by atoms with Crippen LogP contribution >= 0.6 is 11.8 Å². The van der Waals surface area contributed by atoms with E-state index < -0.39 is 108 Å². The molecule has 0 bridgehead atoms. The van der Waals surface area contributed by atoms with Crippen LogP contribution in [0.1, 0.15) is 93.9 Å². The number of aliphatic hydroxyl groups excluding tert-OH is 2. The first-order valence-electron chi connectivity index (χ1n) is 19.0. The van der Waals surface area contributed by atoms with Crippen molar-refractivity contribution in [3.05, 3.63) is 0 Å². The number of aliphatic hydroxyl groups is 2. The molecule has 0 heterocycles. The van der Waals surface area contributed by atoms with Crippen LogP contribution in [0.25, 0.3) is 0 Å². The Balaban J connectivity index is 6.18. The minimum absolute atomic E-state index is 0.0530. The van der Waals surface area contributed by atoms with E-state index in [-0.39, 0.29) is 12.3 Å². The van der Waals surface area contributed by atoms with Crippen LogP contribution in [0.4, 0.5) is 0 Å². The van der Waals surface area contributed by atoms with Crippen molar-refractivity contribution >= 4 is 53.2 Å². The molecule has 0 aliphatic carbocycles. The number of amides is 6. The molecule has 0 spiro atoms. The summed E-state index contributed by atoms with van der Waals surface area (Å²) in [5.74, 6) is -6.68. The molecule has 0 rings (SSSR count). The van der Waals surface area contributed by atoms with E-state index in [1.54, 1.807) is 34.6 Å². The number of carbonyl (C=O) groups excluding carboxylic acids is 6. The lowest BCUT2D eigenvalue weighted by atomic mass is 9.93. The van der Waals surface area contributed by atoms with Crippen molar-refractivity contribution in [2.75, 3.05) is 18.6 Å². The van der Waals surface area contributed by atoms with Gasteiger partial charge in [-0.2, -0.15) is 11.8 Å². The quantitative estimate of drug-likeness (QED) is 0.0431. The minimum atomic E-state index is -1.67. The molecule has 0 aromatic rings. The van der Waals surface area contributed by atoms with Gasteiger partial charge in [-0.3, -0.25) is 28.8 Å². The van der Waals surface area contributed by atoms with Gasteiger partial charge in [-0.15, -0.1) is 0 Å². The van der Waals surface area contributed by atoms with Crippen LogP contribution in [-0.2, 0) is 33.6 Å². The summed E-state index contributed by atoms with van der Waals surface area (Å²) in [6.45, 7) is 13.2. The highest BCUT2D eigenvalue weighted by Gasteiger charge is 2.38. The van der Waals surface area contributed by atoms with Crippen LogP contribution in [0.2, 0.25) is 0 Å². The summed E-state index contributed by atoms with van der Waals surface area (Å²) in [7, 11) is 0. The molecule has 19 heteroatoms. The summed E-state index contributed by atoms with van der Waals surface area (Å²) in [4.78, 5) is 92.1. The first kappa shape index (κ1) is 51.5. The number of carbonyl (C=O) groups is 7. The van der Waals surface area contributed by atoms with Gasteiger partial charge in [-0.25, -0.2) is 4.79 Å². The summed E-state index contributed by atoms with van der Waals surface area (Å²) in [6, 6.07) is -8.88. The number of unbranched alkanes of at least 4 members (excludes halogenated alkanes) is 1. The maximum atomic E-state index is 13.9. The second kappa shape index (κ2) is 26.4. The van der Waals surface area contributed by atoms with Crippen molar-refractivity contribution in [1.29, 1.82) is 0 Å². The van der Waals surface area contributed by atoms with E-state index in [1.165, 1.54) is 25.6 Å². The molecule has 0 aromatic heterocycles. The topological polar surface area (TPSA) is 304 Å². The van der Waals surface area contributed by atoms with Crippen molar-refractivity contribution in [1.82, 2.24) is 31.9 Å². The zero-order valence-corrected chi connectivity index (χ0v) is 34.7. The Morgan fingerprint density at radius 1 is 0.582 bits per heavy atom. The first-order valence-corrected chi connectivity index (χ1v) is 20.4. The van der Waals surface area contributed by atoms with Gasteiger partial charge in [0.05, 0.1) is 18.2 Å². The Hall–Kier alpha value is -3.52. The number of carboxylic acids is 1. The molecule has 11 atom stereocenters. The Kier molecular flexibility index (Phi) is 24.7. The summed E-state index contributed by atoms with van der Waals surface area (Å²) in [5.41, 5.74) is 11.5. The van der Waals surface area contributed by atoms with Crippen molar-refractivity contribution in [2.45, 2.75) is 148 Å². The molecule has 0 fully saturated rings. The number of carboxylic acid groups (broad SMARTS) is 1. The van der Waals surface area contributed by atoms with Crippen molar-refractivity contribution in [3.63, 3.8) is 0 Å². The lowest BCUT2D eigenvalue weighted by Gasteiger charge is -2.32. The Morgan fingerprint density at radius 2 is 0.964 bits per heavy atom. The van der Waals surface area contributed by atoms with Gasteiger partial charge < -0.3 is 58.7 Å². The highest BCUT2D eigenvalue weighted by molar-refractivity contribution is 7.98. The van der Waals surface area contributed by atoms with E-state index in [0.717, 1.165) is 0 Å². The molecular weight excluding hydrogens is 737 g/mol. The lowest BCUT2D eigenvalue weighted by Crippen LogP contribution is -2.64. The molecule has 0 saturated carbocycles. The third-order valence-electron chi connectivity index (χ3n) is 9.49. The fourth-order valence-corrected chi connectivity index (χ4v) is 5.86. The Morgan fingerprint density at radius 3 is 1.33 bits per heavy atom. The highest BCUT2D eigenvalue weighted by Crippen LogP contribution is 2.15. The zero-order valence-electron chi connectivity index (χ0n) is 33.8. The van der Waals surface area contributed by atoms with Gasteiger partial charge in [0.1, 0.15) is 36.3 Å². The van der Waals surface area contributed by atoms with Crippen LogP contribution in [0, 0.1) is 17.8 Å². The van der Waals surface area contributed by atoms with Gasteiger partial charge in [0.15, 0.2) is 0 Å². The molecule has 6 amide bonds. The average molecular weight is 805 g/mol. The summed E-state index contributed by atoms with van der Waals surface area (Å²) in [5, 5.41) is 45.6. The number of aliphatic carboxylic acids is 1. The van der Waals surface area contributed by atoms with Crippen molar-refractivity contribution in [3.8, 4) is 0 Å². The number of nitrogens with two attached hydrogens (primary N) is 2. The average Bonchev–Trinajstić information content (AvgIpc) is 3.12. The molecule has 0 aromatic carbocycles. The molecule has 0 radical (unpaired) electrons. The smallest absolute Gasteiger partial charge is 0.326 e. The first-order chi connectivity index (χ1) is 25.7. The fraction of sp³-hybridized carbons (Fsp3) is 0.806.